The Balaban J connectivity index is 0.965. The van der Waals surface area contributed by atoms with Crippen LogP contribution in [0, 0.1) is 0 Å². The fraction of sp³-hybridized carbons (Fsp3) is 0.239. The van der Waals surface area contributed by atoms with Crippen LogP contribution in [0.3, 0.4) is 0 Å². The number of aliphatic hydroxyl groups excluding tert-OH is 1. The maximum absolute atomic E-state index is 15.4. The first-order valence-corrected chi connectivity index (χ1v) is 36.0. The first-order chi connectivity index (χ1) is 54.3. The van der Waals surface area contributed by atoms with Crippen LogP contribution in [0.15, 0.2) is 303 Å². The highest BCUT2D eigenvalue weighted by Crippen LogP contribution is 2.43. The van der Waals surface area contributed by atoms with E-state index in [-0.39, 0.29) is 58.8 Å². The lowest BCUT2D eigenvalue weighted by Crippen LogP contribution is -2.64. The van der Waals surface area contributed by atoms with Gasteiger partial charge < -0.3 is 76.2 Å². The molecule has 568 valence electrons. The monoisotopic (exact) mass is 1500 g/mol. The Morgan fingerprint density at radius 3 is 1.02 bits per heavy atom. The second kappa shape index (κ2) is 38.0. The van der Waals surface area contributed by atoms with E-state index in [1.54, 1.807) is 127 Å². The van der Waals surface area contributed by atoms with Gasteiger partial charge in [0.2, 0.25) is 5.79 Å². The standard InChI is InChI=1S/C88H78O23/c89-79(61-37-17-4-18-38-61)100-54-68-72(106-82(92)64-43-23-7-24-44-64)75(107-83(93)65-45-25-8-26-46-65)77(108-84(94)66-47-27-9-28-48-66)87(105-68)109-73-70(55-101-80(90)62-39-19-5-20-40-62)111-88(57-102-81(91)63-41-21-6-22-42-63,78(73)110-85(95)67-49-29-10-30-50-67)103-56-69-71(97-51-58-31-11-1-12-32-58)74(98-52-59-33-13-2-14-34-59)76(86(96)104-69)99-53-60-35-15-3-16-36-60/h1-50,68-78,86-87,96H,51-57H2/t68-,69-,70-,71-,72+,73-,74+,75+,76-,77-,78+,86+,87+,88+/m1/s1. The molecular weight excluding hydrogens is 1420 g/mol. The van der Waals surface area contributed by atoms with Gasteiger partial charge in [0.1, 0.15) is 62.5 Å². The summed E-state index contributed by atoms with van der Waals surface area (Å²) < 4.78 is 100. The first kappa shape index (κ1) is 77.3. The van der Waals surface area contributed by atoms with Crippen LogP contribution >= 0.6 is 0 Å². The van der Waals surface area contributed by atoms with Gasteiger partial charge in [0, 0.05) is 0 Å². The average Bonchev–Trinajstić information content (AvgIpc) is 1.62. The molecule has 3 aliphatic rings. The number of hydrogen-bond acceptors (Lipinski definition) is 23. The maximum atomic E-state index is 15.4. The van der Waals surface area contributed by atoms with E-state index in [4.69, 9.17) is 71.1 Å². The molecule has 111 heavy (non-hydrogen) atoms. The Bertz CT molecular complexity index is 4640. The van der Waals surface area contributed by atoms with Crippen molar-refractivity contribution in [3.8, 4) is 0 Å². The van der Waals surface area contributed by atoms with E-state index < -0.39 is 154 Å². The number of rotatable bonds is 31. The molecule has 0 saturated carbocycles. The van der Waals surface area contributed by atoms with Crippen LogP contribution in [-0.4, -0.2) is 159 Å². The molecule has 14 atom stereocenters. The molecule has 0 radical (unpaired) electrons. The molecule has 23 nitrogen and oxygen atoms in total. The highest BCUT2D eigenvalue weighted by molar-refractivity contribution is 5.93. The summed E-state index contributed by atoms with van der Waals surface area (Å²) >= 11 is 0. The third kappa shape index (κ3) is 20.2. The number of carbonyl (C=O) groups is 7. The first-order valence-electron chi connectivity index (χ1n) is 36.0. The van der Waals surface area contributed by atoms with Crippen molar-refractivity contribution in [2.75, 3.05) is 26.4 Å². The summed E-state index contributed by atoms with van der Waals surface area (Å²) in [5.74, 6) is -9.57. The van der Waals surface area contributed by atoms with Gasteiger partial charge in [-0.15, -0.1) is 0 Å². The summed E-state index contributed by atoms with van der Waals surface area (Å²) in [6, 6.07) is 82.3. The van der Waals surface area contributed by atoms with Crippen molar-refractivity contribution in [3.05, 3.63) is 359 Å². The van der Waals surface area contributed by atoms with Crippen LogP contribution in [0.5, 0.6) is 0 Å². The molecule has 0 unspecified atom stereocenters. The minimum atomic E-state index is -2.70. The van der Waals surface area contributed by atoms with Gasteiger partial charge in [0.25, 0.3) is 0 Å². The van der Waals surface area contributed by atoms with Crippen LogP contribution in [0.1, 0.15) is 89.2 Å². The van der Waals surface area contributed by atoms with Gasteiger partial charge in [0.05, 0.1) is 65.4 Å². The maximum Gasteiger partial charge on any atom is 0.338 e. The van der Waals surface area contributed by atoms with Crippen molar-refractivity contribution < 1.29 is 110 Å². The lowest BCUT2D eigenvalue weighted by molar-refractivity contribution is -0.337. The van der Waals surface area contributed by atoms with Crippen LogP contribution in [0.25, 0.3) is 0 Å². The number of ether oxygens (including phenoxy) is 15. The summed E-state index contributed by atoms with van der Waals surface area (Å²) in [7, 11) is 0. The van der Waals surface area contributed by atoms with Crippen LogP contribution in [0.4, 0.5) is 0 Å². The van der Waals surface area contributed by atoms with Gasteiger partial charge in [0.15, 0.2) is 37.0 Å². The zero-order valence-corrected chi connectivity index (χ0v) is 59.8. The predicted molar refractivity (Wildman–Crippen MR) is 396 cm³/mol. The van der Waals surface area contributed by atoms with Gasteiger partial charge >= 0.3 is 41.8 Å². The molecule has 10 aromatic rings. The highest BCUT2D eigenvalue weighted by atomic mass is 16.8. The molecular formula is C88H78O23. The van der Waals surface area contributed by atoms with E-state index in [9.17, 15) is 29.1 Å². The van der Waals surface area contributed by atoms with Gasteiger partial charge in [-0.05, 0) is 102 Å². The van der Waals surface area contributed by atoms with E-state index in [0.717, 1.165) is 16.7 Å². The number of esters is 7. The van der Waals surface area contributed by atoms with Gasteiger partial charge in [-0.25, -0.2) is 33.6 Å². The Morgan fingerprint density at radius 2 is 0.613 bits per heavy atom. The molecule has 0 bridgehead atoms. The normalized spacial score (nSPS) is 23.3. The van der Waals surface area contributed by atoms with E-state index >= 15 is 9.59 Å². The molecule has 3 heterocycles. The smallest absolute Gasteiger partial charge is 0.338 e. The summed E-state index contributed by atoms with van der Waals surface area (Å²) in [4.78, 5) is 103. The number of aliphatic hydroxyl groups is 1. The molecule has 3 fully saturated rings. The minimum Gasteiger partial charge on any atom is -0.459 e. The van der Waals surface area contributed by atoms with Crippen LogP contribution < -0.4 is 0 Å². The highest BCUT2D eigenvalue weighted by Gasteiger charge is 2.64. The molecule has 3 aliphatic heterocycles. The van der Waals surface area contributed by atoms with Crippen LogP contribution in [-0.2, 0) is 90.9 Å². The minimum absolute atomic E-state index is 0.00812. The Kier molecular flexibility index (Phi) is 26.4. The van der Waals surface area contributed by atoms with Gasteiger partial charge in [-0.2, -0.15) is 0 Å². The van der Waals surface area contributed by atoms with Gasteiger partial charge in [-0.3, -0.25) is 0 Å². The van der Waals surface area contributed by atoms with Crippen molar-refractivity contribution in [1.82, 2.24) is 0 Å². The zero-order chi connectivity index (χ0) is 76.7. The number of benzene rings is 10. The lowest BCUT2D eigenvalue weighted by atomic mass is 9.96. The van der Waals surface area contributed by atoms with Crippen molar-refractivity contribution in [2.45, 2.75) is 105 Å². The van der Waals surface area contributed by atoms with Crippen molar-refractivity contribution >= 4 is 41.8 Å². The quantitative estimate of drug-likeness (QED) is 0.0312. The third-order valence-corrected chi connectivity index (χ3v) is 18.5. The Labute approximate surface area is 639 Å². The lowest BCUT2D eigenvalue weighted by Gasteiger charge is -2.46. The topological polar surface area (TPSA) is 278 Å². The molecule has 10 aromatic carbocycles. The van der Waals surface area contributed by atoms with E-state index in [2.05, 4.69) is 0 Å². The van der Waals surface area contributed by atoms with E-state index in [1.165, 1.54) is 84.9 Å². The van der Waals surface area contributed by atoms with E-state index in [1.807, 2.05) is 91.0 Å². The second-order valence-corrected chi connectivity index (χ2v) is 26.0. The number of carbonyl (C=O) groups excluding carboxylic acids is 7. The average molecular weight is 1500 g/mol. The Morgan fingerprint density at radius 1 is 0.297 bits per heavy atom. The van der Waals surface area contributed by atoms with Crippen molar-refractivity contribution in [2.24, 2.45) is 0 Å². The van der Waals surface area contributed by atoms with Gasteiger partial charge in [-0.1, -0.05) is 218 Å². The molecule has 3 saturated heterocycles. The number of hydrogen-bond donors (Lipinski definition) is 1. The molecule has 0 spiro atoms. The largest absolute Gasteiger partial charge is 0.459 e. The SMILES string of the molecule is O=C(OC[C@H]1O[C@@H](O[C@@H]2[C@@H](COC(=O)c3ccccc3)O[C@](COC(=O)c3ccccc3)(OC[C@H]3O[C@H](O)[C@H](OCc4ccccc4)[C@@H](OCc4ccccc4)[C@@H]3OCc3ccccc3)[C@H]2OC(=O)c2ccccc2)[C@H](OC(=O)c2ccccc2)[C@@H](OC(=O)c2ccccc2)[C@H]1OC(=O)c1ccccc1)c1ccccc1. The molecule has 0 aliphatic carbocycles. The predicted octanol–water partition coefficient (Wildman–Crippen LogP) is 12.2. The molecule has 0 amide bonds. The molecule has 0 aromatic heterocycles. The molecule has 13 rings (SSSR count). The fourth-order valence-corrected chi connectivity index (χ4v) is 12.9. The third-order valence-electron chi connectivity index (χ3n) is 18.5. The summed E-state index contributed by atoms with van der Waals surface area (Å²) in [5.41, 5.74) is 2.38. The summed E-state index contributed by atoms with van der Waals surface area (Å²) in [5, 5.41) is 12.5. The Hall–Kier alpha value is -11.9. The molecule has 23 heteroatoms. The van der Waals surface area contributed by atoms with Crippen LogP contribution in [0.2, 0.25) is 0 Å². The second-order valence-electron chi connectivity index (χ2n) is 26.0. The molecule has 1 N–H and O–H groups in total. The van der Waals surface area contributed by atoms with Crippen molar-refractivity contribution in [1.29, 1.82) is 0 Å². The van der Waals surface area contributed by atoms with E-state index in [0.29, 0.717) is 0 Å². The van der Waals surface area contributed by atoms with Crippen molar-refractivity contribution in [3.63, 3.8) is 0 Å². The zero-order valence-electron chi connectivity index (χ0n) is 59.8. The summed E-state index contributed by atoms with van der Waals surface area (Å²) in [6.45, 7) is -3.45. The fourth-order valence-electron chi connectivity index (χ4n) is 12.9. The summed E-state index contributed by atoms with van der Waals surface area (Å²) in [6.07, 6.45) is -22.7.